The Kier molecular flexibility index (Phi) is 6.11. The number of aliphatic hydroxyl groups excluding tert-OH is 1. The van der Waals surface area contributed by atoms with Crippen molar-refractivity contribution in [3.8, 4) is 0 Å². The monoisotopic (exact) mass is 398 g/mol. The van der Waals surface area contributed by atoms with Gasteiger partial charge in [-0.1, -0.05) is 72.0 Å². The van der Waals surface area contributed by atoms with Gasteiger partial charge < -0.3 is 5.11 Å². The first-order valence-electron chi connectivity index (χ1n) is 12.9. The quantitative estimate of drug-likeness (QED) is 0.486. The molecule has 7 atom stereocenters. The third-order valence-electron chi connectivity index (χ3n) is 10.4. The molecule has 1 fully saturated rings. The van der Waals surface area contributed by atoms with Gasteiger partial charge in [0.05, 0.1) is 0 Å². The molecule has 2 unspecified atom stereocenters. The van der Waals surface area contributed by atoms with Crippen molar-refractivity contribution in [1.82, 2.24) is 0 Å². The summed E-state index contributed by atoms with van der Waals surface area (Å²) in [5.41, 5.74) is 6.46. The standard InChI is InChI=1S/C28H46O/c1-19(21(3)18-29)9-10-20(2)24-13-14-25-23-12-11-22-8-6-7-16-27(22,4)26(23)15-17-28(24,25)5/h14,19-22,24,29H,6-13,15-18H2,1-5H3/t19-,20+,21?,22?,24+,27-,28+/m0/s1. The van der Waals surface area contributed by atoms with Gasteiger partial charge in [-0.2, -0.15) is 0 Å². The van der Waals surface area contributed by atoms with Gasteiger partial charge in [-0.3, -0.25) is 0 Å². The molecule has 0 aliphatic heterocycles. The first kappa shape index (κ1) is 21.7. The van der Waals surface area contributed by atoms with Crippen LogP contribution in [0.25, 0.3) is 0 Å². The van der Waals surface area contributed by atoms with Crippen LogP contribution in [0.5, 0.6) is 0 Å². The van der Waals surface area contributed by atoms with E-state index in [1.54, 1.807) is 5.57 Å². The highest BCUT2D eigenvalue weighted by atomic mass is 16.3. The minimum atomic E-state index is 0.332. The molecule has 1 N–H and O–H groups in total. The van der Waals surface area contributed by atoms with Crippen molar-refractivity contribution in [2.45, 2.75) is 105 Å². The highest BCUT2D eigenvalue weighted by Gasteiger charge is 2.52. The molecule has 0 heterocycles. The van der Waals surface area contributed by atoms with E-state index < -0.39 is 0 Å². The van der Waals surface area contributed by atoms with E-state index in [1.165, 1.54) is 70.6 Å². The van der Waals surface area contributed by atoms with E-state index in [2.05, 4.69) is 40.7 Å². The lowest BCUT2D eigenvalue weighted by Crippen LogP contribution is -2.41. The van der Waals surface area contributed by atoms with Crippen LogP contribution in [0.4, 0.5) is 0 Å². The second kappa shape index (κ2) is 8.18. The molecule has 1 saturated carbocycles. The van der Waals surface area contributed by atoms with Crippen LogP contribution in [0.3, 0.4) is 0 Å². The first-order valence-corrected chi connectivity index (χ1v) is 12.9. The molecule has 4 aliphatic rings. The second-order valence-corrected chi connectivity index (χ2v) is 11.9. The molecule has 1 nitrogen and oxygen atoms in total. The Morgan fingerprint density at radius 1 is 0.966 bits per heavy atom. The maximum atomic E-state index is 9.48. The molecule has 4 rings (SSSR count). The minimum absolute atomic E-state index is 0.332. The molecular formula is C28H46O. The van der Waals surface area contributed by atoms with Crippen LogP contribution in [-0.4, -0.2) is 11.7 Å². The third-order valence-corrected chi connectivity index (χ3v) is 10.4. The Morgan fingerprint density at radius 2 is 1.76 bits per heavy atom. The van der Waals surface area contributed by atoms with Gasteiger partial charge in [0, 0.05) is 6.61 Å². The van der Waals surface area contributed by atoms with E-state index in [-0.39, 0.29) is 0 Å². The zero-order chi connectivity index (χ0) is 20.8. The van der Waals surface area contributed by atoms with E-state index in [0.29, 0.717) is 29.3 Å². The summed E-state index contributed by atoms with van der Waals surface area (Å²) in [6, 6.07) is 0. The van der Waals surface area contributed by atoms with E-state index in [0.717, 1.165) is 17.8 Å². The van der Waals surface area contributed by atoms with Crippen molar-refractivity contribution < 1.29 is 5.11 Å². The average Bonchev–Trinajstić information content (AvgIpc) is 3.08. The summed E-state index contributed by atoms with van der Waals surface area (Å²) in [5.74, 6) is 3.63. The van der Waals surface area contributed by atoms with Crippen molar-refractivity contribution in [2.24, 2.45) is 40.4 Å². The molecule has 164 valence electrons. The van der Waals surface area contributed by atoms with Crippen molar-refractivity contribution >= 4 is 0 Å². The SMILES string of the molecule is CC(CO)[C@@H](C)CC[C@@H](C)[C@H]1CC=C2C3=C(CC[C@@]21C)[C@@]1(C)CCCCC1CC3. The van der Waals surface area contributed by atoms with E-state index >= 15 is 0 Å². The predicted octanol–water partition coefficient (Wildman–Crippen LogP) is 7.70. The zero-order valence-corrected chi connectivity index (χ0v) is 19.9. The Hall–Kier alpha value is -0.560. The molecule has 0 amide bonds. The number of allylic oxidation sites excluding steroid dienone is 4. The number of aliphatic hydroxyl groups is 1. The third kappa shape index (κ3) is 3.58. The summed E-state index contributed by atoms with van der Waals surface area (Å²) in [7, 11) is 0. The van der Waals surface area contributed by atoms with Gasteiger partial charge in [0.25, 0.3) is 0 Å². The Morgan fingerprint density at radius 3 is 2.52 bits per heavy atom. The van der Waals surface area contributed by atoms with Crippen molar-refractivity contribution in [2.75, 3.05) is 6.61 Å². The summed E-state index contributed by atoms with van der Waals surface area (Å²) in [4.78, 5) is 0. The van der Waals surface area contributed by atoms with Crippen molar-refractivity contribution in [3.63, 3.8) is 0 Å². The summed E-state index contributed by atoms with van der Waals surface area (Å²) in [6.45, 7) is 12.6. The summed E-state index contributed by atoms with van der Waals surface area (Å²) in [6.07, 6.45) is 18.0. The average molecular weight is 399 g/mol. The Balaban J connectivity index is 1.50. The molecule has 0 radical (unpaired) electrons. The van der Waals surface area contributed by atoms with Gasteiger partial charge >= 0.3 is 0 Å². The fraction of sp³-hybridized carbons (Fsp3) is 0.857. The van der Waals surface area contributed by atoms with Gasteiger partial charge in [0.2, 0.25) is 0 Å². The molecule has 29 heavy (non-hydrogen) atoms. The Bertz CT molecular complexity index is 672. The smallest absolute Gasteiger partial charge is 0.0459 e. The molecule has 0 aromatic carbocycles. The number of hydrogen-bond donors (Lipinski definition) is 1. The van der Waals surface area contributed by atoms with Crippen LogP contribution in [0.15, 0.2) is 22.8 Å². The van der Waals surface area contributed by atoms with Crippen LogP contribution in [0.2, 0.25) is 0 Å². The van der Waals surface area contributed by atoms with Gasteiger partial charge in [-0.25, -0.2) is 0 Å². The van der Waals surface area contributed by atoms with E-state index in [9.17, 15) is 5.11 Å². The number of hydrogen-bond acceptors (Lipinski definition) is 1. The molecule has 4 aliphatic carbocycles. The highest BCUT2D eigenvalue weighted by Crippen LogP contribution is 2.64. The molecule has 1 heteroatoms. The lowest BCUT2D eigenvalue weighted by molar-refractivity contribution is 0.105. The first-order chi connectivity index (χ1) is 13.8. The Labute approximate surface area is 180 Å². The van der Waals surface area contributed by atoms with Crippen LogP contribution in [0.1, 0.15) is 105 Å². The minimum Gasteiger partial charge on any atom is -0.396 e. The van der Waals surface area contributed by atoms with E-state index in [1.807, 2.05) is 11.1 Å². The van der Waals surface area contributed by atoms with Gasteiger partial charge in [0.15, 0.2) is 0 Å². The lowest BCUT2D eigenvalue weighted by atomic mass is 9.52. The van der Waals surface area contributed by atoms with Gasteiger partial charge in [-0.05, 0) is 96.5 Å². The molecule has 0 saturated heterocycles. The maximum absolute atomic E-state index is 9.48. The van der Waals surface area contributed by atoms with Crippen LogP contribution < -0.4 is 0 Å². The highest BCUT2D eigenvalue weighted by molar-refractivity contribution is 5.49. The fourth-order valence-electron chi connectivity index (χ4n) is 7.98. The topological polar surface area (TPSA) is 20.2 Å². The molecule has 0 aromatic heterocycles. The van der Waals surface area contributed by atoms with Crippen LogP contribution >= 0.6 is 0 Å². The molecular weight excluding hydrogens is 352 g/mol. The van der Waals surface area contributed by atoms with Crippen molar-refractivity contribution in [3.05, 3.63) is 22.8 Å². The molecule has 0 bridgehead atoms. The summed E-state index contributed by atoms with van der Waals surface area (Å²) >= 11 is 0. The predicted molar refractivity (Wildman–Crippen MR) is 124 cm³/mol. The van der Waals surface area contributed by atoms with Crippen LogP contribution in [-0.2, 0) is 0 Å². The van der Waals surface area contributed by atoms with Crippen molar-refractivity contribution in [1.29, 1.82) is 0 Å². The summed E-state index contributed by atoms with van der Waals surface area (Å²) in [5, 5.41) is 9.48. The largest absolute Gasteiger partial charge is 0.396 e. The second-order valence-electron chi connectivity index (χ2n) is 11.9. The normalized spacial score (nSPS) is 39.9. The summed E-state index contributed by atoms with van der Waals surface area (Å²) < 4.78 is 0. The maximum Gasteiger partial charge on any atom is 0.0459 e. The van der Waals surface area contributed by atoms with Gasteiger partial charge in [-0.15, -0.1) is 0 Å². The van der Waals surface area contributed by atoms with E-state index in [4.69, 9.17) is 0 Å². The fourth-order valence-corrected chi connectivity index (χ4v) is 7.98. The number of rotatable bonds is 6. The van der Waals surface area contributed by atoms with Gasteiger partial charge in [0.1, 0.15) is 0 Å². The molecule has 0 aromatic rings. The lowest BCUT2D eigenvalue weighted by Gasteiger charge is -2.53. The van der Waals surface area contributed by atoms with Crippen LogP contribution in [0, 0.1) is 40.4 Å². The number of fused-ring (bicyclic) bond motifs is 4. The molecule has 0 spiro atoms. The zero-order valence-electron chi connectivity index (χ0n) is 19.9.